The summed E-state index contributed by atoms with van der Waals surface area (Å²) >= 11 is 3.47. The second-order valence-corrected chi connectivity index (χ2v) is 7.74. The van der Waals surface area contributed by atoms with Crippen molar-refractivity contribution in [1.82, 2.24) is 0 Å². The first kappa shape index (κ1) is 20.6. The lowest BCUT2D eigenvalue weighted by Crippen LogP contribution is -2.25. The minimum atomic E-state index is -1.04. The van der Waals surface area contributed by atoms with Gasteiger partial charge in [-0.1, -0.05) is 42.5 Å². The highest BCUT2D eigenvalue weighted by molar-refractivity contribution is 9.10. The Kier molecular flexibility index (Phi) is 5.73. The van der Waals surface area contributed by atoms with E-state index in [9.17, 15) is 14.7 Å². The summed E-state index contributed by atoms with van der Waals surface area (Å²) in [5.74, 6) is -0.571. The Balaban J connectivity index is 1.81. The van der Waals surface area contributed by atoms with E-state index in [1.165, 1.54) is 12.1 Å². The van der Waals surface area contributed by atoms with Crippen molar-refractivity contribution in [3.8, 4) is 5.75 Å². The zero-order valence-corrected chi connectivity index (χ0v) is 18.2. The molecule has 3 aromatic rings. The Labute approximate surface area is 188 Å². The standard InChI is InChI=1S/C25H18BrNO4/c1-31-23-11-10-16(13-21(23)26)12-19-15-22(17-6-3-2-4-7-17)27(24(19)28)20-9-5-8-18(14-20)25(29)30/h2-15H,1H3,(H,29,30). The molecular weight excluding hydrogens is 458 g/mol. The van der Waals surface area contributed by atoms with Crippen LogP contribution in [0.15, 0.2) is 88.9 Å². The van der Waals surface area contributed by atoms with Crippen molar-refractivity contribution in [3.05, 3.63) is 106 Å². The van der Waals surface area contributed by atoms with Gasteiger partial charge in [0.05, 0.1) is 28.5 Å². The number of carboxylic acid groups (broad SMARTS) is 1. The van der Waals surface area contributed by atoms with Gasteiger partial charge >= 0.3 is 5.97 Å². The lowest BCUT2D eigenvalue weighted by atomic mass is 10.1. The number of hydrogen-bond acceptors (Lipinski definition) is 3. The Morgan fingerprint density at radius 3 is 2.48 bits per heavy atom. The van der Waals surface area contributed by atoms with Gasteiger partial charge in [0.1, 0.15) is 5.75 Å². The monoisotopic (exact) mass is 475 g/mol. The van der Waals surface area contributed by atoms with Gasteiger partial charge in [-0.15, -0.1) is 0 Å². The summed E-state index contributed by atoms with van der Waals surface area (Å²) in [4.78, 5) is 26.4. The third-order valence-electron chi connectivity index (χ3n) is 4.90. The predicted molar refractivity (Wildman–Crippen MR) is 124 cm³/mol. The molecule has 0 atom stereocenters. The second kappa shape index (κ2) is 8.62. The molecule has 0 unspecified atom stereocenters. The second-order valence-electron chi connectivity index (χ2n) is 6.89. The van der Waals surface area contributed by atoms with Crippen LogP contribution < -0.4 is 9.64 Å². The first-order valence-electron chi connectivity index (χ1n) is 9.48. The molecule has 1 N–H and O–H groups in total. The van der Waals surface area contributed by atoms with Crippen molar-refractivity contribution in [2.75, 3.05) is 12.0 Å². The lowest BCUT2D eigenvalue weighted by molar-refractivity contribution is -0.113. The molecule has 6 heteroatoms. The normalized spacial score (nSPS) is 14.6. The predicted octanol–water partition coefficient (Wildman–Crippen LogP) is 5.63. The molecule has 0 radical (unpaired) electrons. The van der Waals surface area contributed by atoms with Crippen molar-refractivity contribution in [2.45, 2.75) is 0 Å². The molecule has 0 spiro atoms. The van der Waals surface area contributed by atoms with E-state index in [4.69, 9.17) is 4.74 Å². The van der Waals surface area contributed by atoms with E-state index in [0.717, 1.165) is 15.6 Å². The number of carbonyl (C=O) groups excluding carboxylic acids is 1. The number of aromatic carboxylic acids is 1. The van der Waals surface area contributed by atoms with E-state index in [2.05, 4.69) is 15.9 Å². The molecule has 4 rings (SSSR count). The number of nitrogens with zero attached hydrogens (tertiary/aromatic N) is 1. The van der Waals surface area contributed by atoms with Crippen LogP contribution in [0.3, 0.4) is 0 Å². The van der Waals surface area contributed by atoms with Crippen molar-refractivity contribution in [3.63, 3.8) is 0 Å². The number of carboxylic acids is 1. The molecule has 1 aliphatic rings. The maximum absolute atomic E-state index is 13.4. The maximum atomic E-state index is 13.4. The summed E-state index contributed by atoms with van der Waals surface area (Å²) in [5, 5.41) is 9.37. The molecule has 0 saturated carbocycles. The number of ether oxygens (including phenoxy) is 1. The molecular formula is C25H18BrNO4. The van der Waals surface area contributed by atoms with Crippen LogP contribution in [-0.4, -0.2) is 24.1 Å². The molecule has 0 saturated heterocycles. The van der Waals surface area contributed by atoms with Gasteiger partial charge in [0.2, 0.25) is 0 Å². The largest absolute Gasteiger partial charge is 0.496 e. The first-order valence-corrected chi connectivity index (χ1v) is 10.3. The van der Waals surface area contributed by atoms with Gasteiger partial charge < -0.3 is 9.84 Å². The van der Waals surface area contributed by atoms with Crippen LogP contribution in [0.5, 0.6) is 5.75 Å². The number of amides is 1. The minimum Gasteiger partial charge on any atom is -0.496 e. The zero-order valence-electron chi connectivity index (χ0n) is 16.6. The van der Waals surface area contributed by atoms with Crippen LogP contribution in [0.4, 0.5) is 5.69 Å². The van der Waals surface area contributed by atoms with Crippen molar-refractivity contribution in [1.29, 1.82) is 0 Å². The molecule has 1 heterocycles. The fourth-order valence-corrected chi connectivity index (χ4v) is 3.98. The van der Waals surface area contributed by atoms with E-state index >= 15 is 0 Å². The van der Waals surface area contributed by atoms with Crippen molar-refractivity contribution < 1.29 is 19.4 Å². The Hall–Kier alpha value is -3.64. The molecule has 31 heavy (non-hydrogen) atoms. The Morgan fingerprint density at radius 2 is 1.81 bits per heavy atom. The van der Waals surface area contributed by atoms with E-state index in [1.54, 1.807) is 30.2 Å². The SMILES string of the molecule is COc1ccc(C=C2C=C(c3ccccc3)N(c3cccc(C(=O)O)c3)C2=O)cc1Br. The van der Waals surface area contributed by atoms with Gasteiger partial charge in [-0.25, -0.2) is 4.79 Å². The molecule has 0 fully saturated rings. The van der Waals surface area contributed by atoms with Crippen LogP contribution in [0.2, 0.25) is 0 Å². The number of hydrogen-bond donors (Lipinski definition) is 1. The highest BCUT2D eigenvalue weighted by Gasteiger charge is 2.30. The summed E-state index contributed by atoms with van der Waals surface area (Å²) in [6.45, 7) is 0. The molecule has 0 aliphatic carbocycles. The zero-order chi connectivity index (χ0) is 22.0. The third-order valence-corrected chi connectivity index (χ3v) is 5.52. The average Bonchev–Trinajstić information content (AvgIpc) is 3.10. The fourth-order valence-electron chi connectivity index (χ4n) is 3.42. The molecule has 3 aromatic carbocycles. The van der Waals surface area contributed by atoms with Crippen LogP contribution in [0.1, 0.15) is 21.5 Å². The summed E-state index contributed by atoms with van der Waals surface area (Å²) < 4.78 is 6.05. The van der Waals surface area contributed by atoms with E-state index < -0.39 is 5.97 Å². The quantitative estimate of drug-likeness (QED) is 0.485. The first-order chi connectivity index (χ1) is 15.0. The molecule has 1 amide bonds. The number of benzene rings is 3. The van der Waals surface area contributed by atoms with Crippen molar-refractivity contribution in [2.24, 2.45) is 0 Å². The van der Waals surface area contributed by atoms with Gasteiger partial charge in [-0.05, 0) is 69.5 Å². The van der Waals surface area contributed by atoms with E-state index in [1.807, 2.05) is 54.6 Å². The topological polar surface area (TPSA) is 66.8 Å². The molecule has 0 bridgehead atoms. The molecule has 5 nitrogen and oxygen atoms in total. The van der Waals surface area contributed by atoms with Crippen LogP contribution in [0.25, 0.3) is 11.8 Å². The van der Waals surface area contributed by atoms with Gasteiger partial charge in [-0.3, -0.25) is 9.69 Å². The summed E-state index contributed by atoms with van der Waals surface area (Å²) in [5.41, 5.74) is 3.49. The summed E-state index contributed by atoms with van der Waals surface area (Å²) in [6.07, 6.45) is 3.62. The number of anilines is 1. The van der Waals surface area contributed by atoms with Crippen LogP contribution in [-0.2, 0) is 4.79 Å². The van der Waals surface area contributed by atoms with Crippen molar-refractivity contribution >= 4 is 45.3 Å². The summed E-state index contributed by atoms with van der Waals surface area (Å²) in [7, 11) is 1.59. The highest BCUT2D eigenvalue weighted by atomic mass is 79.9. The molecule has 1 aliphatic heterocycles. The van der Waals surface area contributed by atoms with Crippen LogP contribution in [0, 0.1) is 0 Å². The molecule has 0 aromatic heterocycles. The van der Waals surface area contributed by atoms with Gasteiger partial charge in [-0.2, -0.15) is 0 Å². The number of halogens is 1. The van der Waals surface area contributed by atoms with E-state index in [0.29, 0.717) is 22.7 Å². The van der Waals surface area contributed by atoms with E-state index in [-0.39, 0.29) is 11.5 Å². The lowest BCUT2D eigenvalue weighted by Gasteiger charge is -2.21. The third kappa shape index (κ3) is 4.15. The number of carbonyl (C=O) groups is 2. The number of rotatable bonds is 5. The summed E-state index contributed by atoms with van der Waals surface area (Å²) in [6, 6.07) is 21.5. The van der Waals surface area contributed by atoms with Crippen LogP contribution >= 0.6 is 15.9 Å². The Bertz CT molecular complexity index is 1230. The highest BCUT2D eigenvalue weighted by Crippen LogP contribution is 2.36. The average molecular weight is 476 g/mol. The van der Waals surface area contributed by atoms with Gasteiger partial charge in [0, 0.05) is 5.57 Å². The fraction of sp³-hybridized carbons (Fsp3) is 0.0400. The number of methoxy groups -OCH3 is 1. The minimum absolute atomic E-state index is 0.120. The maximum Gasteiger partial charge on any atom is 0.335 e. The Morgan fingerprint density at radius 1 is 1.03 bits per heavy atom. The molecule has 154 valence electrons. The smallest absolute Gasteiger partial charge is 0.335 e. The van der Waals surface area contributed by atoms with Gasteiger partial charge in [0.15, 0.2) is 0 Å². The van der Waals surface area contributed by atoms with Gasteiger partial charge in [0.25, 0.3) is 5.91 Å².